The number of carbonyl (C=O) groups is 2. The van der Waals surface area contributed by atoms with Gasteiger partial charge in [-0.05, 0) is 55.2 Å². The number of hydrogen-bond donors (Lipinski definition) is 1. The third kappa shape index (κ3) is 3.86. The molecule has 0 saturated carbocycles. The number of rotatable bonds is 6. The molecule has 2 aliphatic rings. The van der Waals surface area contributed by atoms with Crippen molar-refractivity contribution in [3.05, 3.63) is 41.2 Å². The highest BCUT2D eigenvalue weighted by Crippen LogP contribution is 2.31. The number of benzene rings is 1. The minimum Gasteiger partial charge on any atom is -0.480 e. The Kier molecular flexibility index (Phi) is 5.11. The third-order valence-electron chi connectivity index (χ3n) is 4.84. The van der Waals surface area contributed by atoms with Gasteiger partial charge in [-0.1, -0.05) is 26.0 Å². The van der Waals surface area contributed by atoms with E-state index in [0.717, 1.165) is 25.0 Å². The number of ether oxygens (including phenoxy) is 1. The summed E-state index contributed by atoms with van der Waals surface area (Å²) in [6.07, 6.45) is 6.25. The Hall–Kier alpha value is -2.30. The number of carboxylic acids is 1. The molecule has 1 N–H and O–H groups in total. The third-order valence-corrected chi connectivity index (χ3v) is 4.84. The summed E-state index contributed by atoms with van der Waals surface area (Å²) in [7, 11) is 0. The zero-order valence-electron chi connectivity index (χ0n) is 14.8. The van der Waals surface area contributed by atoms with E-state index in [-0.39, 0.29) is 18.4 Å². The van der Waals surface area contributed by atoms with Gasteiger partial charge in [0.2, 0.25) is 0 Å². The van der Waals surface area contributed by atoms with Crippen molar-refractivity contribution in [3.8, 4) is 5.75 Å². The number of nitrogens with zero attached hydrogens (tertiary/aromatic N) is 1. The predicted octanol–water partition coefficient (Wildman–Crippen LogP) is 3.17. The van der Waals surface area contributed by atoms with Crippen molar-refractivity contribution in [2.45, 2.75) is 52.0 Å². The average molecular weight is 343 g/mol. The lowest BCUT2D eigenvalue weighted by molar-refractivity contribution is -0.148. The van der Waals surface area contributed by atoms with Crippen LogP contribution in [-0.4, -0.2) is 34.5 Å². The summed E-state index contributed by atoms with van der Waals surface area (Å²) >= 11 is 0. The van der Waals surface area contributed by atoms with Gasteiger partial charge >= 0.3 is 5.97 Å². The Morgan fingerprint density at radius 2 is 2.04 bits per heavy atom. The first-order chi connectivity index (χ1) is 12.0. The fourth-order valence-electron chi connectivity index (χ4n) is 3.63. The van der Waals surface area contributed by atoms with Crippen LogP contribution in [0.15, 0.2) is 30.0 Å². The lowest BCUT2D eigenvalue weighted by Crippen LogP contribution is -2.43. The lowest BCUT2D eigenvalue weighted by atomic mass is 9.91. The molecule has 0 radical (unpaired) electrons. The topological polar surface area (TPSA) is 66.8 Å². The van der Waals surface area contributed by atoms with Gasteiger partial charge in [0.15, 0.2) is 0 Å². The Morgan fingerprint density at radius 1 is 1.28 bits per heavy atom. The first-order valence-corrected chi connectivity index (χ1v) is 8.98. The predicted molar refractivity (Wildman–Crippen MR) is 94.4 cm³/mol. The van der Waals surface area contributed by atoms with Crippen molar-refractivity contribution in [1.82, 2.24) is 4.90 Å². The largest absolute Gasteiger partial charge is 0.480 e. The number of carboxylic acid groups (broad SMARTS) is 1. The monoisotopic (exact) mass is 343 g/mol. The summed E-state index contributed by atoms with van der Waals surface area (Å²) in [5.74, 6) is 0.273. The van der Waals surface area contributed by atoms with E-state index in [1.54, 1.807) is 0 Å². The van der Waals surface area contributed by atoms with Gasteiger partial charge in [0, 0.05) is 6.08 Å². The highest BCUT2D eigenvalue weighted by Gasteiger charge is 2.34. The maximum Gasteiger partial charge on any atom is 0.326 e. The molecule has 5 heteroatoms. The van der Waals surface area contributed by atoms with Crippen LogP contribution >= 0.6 is 0 Å². The lowest BCUT2D eigenvalue weighted by Gasteiger charge is -2.26. The van der Waals surface area contributed by atoms with Crippen molar-refractivity contribution in [3.63, 3.8) is 0 Å². The van der Waals surface area contributed by atoms with Crippen LogP contribution in [-0.2, 0) is 22.4 Å². The quantitative estimate of drug-likeness (QED) is 0.861. The van der Waals surface area contributed by atoms with Gasteiger partial charge < -0.3 is 14.7 Å². The van der Waals surface area contributed by atoms with Crippen LogP contribution in [0.4, 0.5) is 0 Å². The van der Waals surface area contributed by atoms with E-state index < -0.39 is 12.0 Å². The highest BCUT2D eigenvalue weighted by atomic mass is 16.5. The summed E-state index contributed by atoms with van der Waals surface area (Å²) in [6.45, 7) is 4.13. The van der Waals surface area contributed by atoms with E-state index in [1.165, 1.54) is 28.5 Å². The maximum absolute atomic E-state index is 12.3. The van der Waals surface area contributed by atoms with Crippen LogP contribution in [0.5, 0.6) is 5.75 Å². The van der Waals surface area contributed by atoms with Gasteiger partial charge in [0.25, 0.3) is 5.91 Å². The van der Waals surface area contributed by atoms with Crippen molar-refractivity contribution in [2.75, 3.05) is 6.54 Å². The van der Waals surface area contributed by atoms with E-state index in [1.807, 2.05) is 26.0 Å². The molecule has 1 heterocycles. The second-order valence-corrected chi connectivity index (χ2v) is 7.26. The molecule has 1 aliphatic heterocycles. The Labute approximate surface area is 148 Å². The van der Waals surface area contributed by atoms with E-state index in [2.05, 4.69) is 6.07 Å². The number of fused-ring (bicyclic) bond motifs is 1. The number of carbonyl (C=O) groups excluding carboxylic acids is 1. The molecule has 1 aromatic rings. The zero-order chi connectivity index (χ0) is 18.0. The second-order valence-electron chi connectivity index (χ2n) is 7.26. The van der Waals surface area contributed by atoms with Gasteiger partial charge in [-0.2, -0.15) is 0 Å². The number of aryl methyl sites for hydroxylation is 1. The van der Waals surface area contributed by atoms with Crippen molar-refractivity contribution in [2.24, 2.45) is 5.92 Å². The summed E-state index contributed by atoms with van der Waals surface area (Å²) < 4.78 is 6.01. The molecule has 134 valence electrons. The summed E-state index contributed by atoms with van der Waals surface area (Å²) in [5.41, 5.74) is 2.53. The maximum atomic E-state index is 12.3. The minimum absolute atomic E-state index is 0.194. The van der Waals surface area contributed by atoms with Gasteiger partial charge in [-0.25, -0.2) is 4.79 Å². The Morgan fingerprint density at radius 3 is 2.76 bits per heavy atom. The normalized spacial score (nSPS) is 18.1. The second kappa shape index (κ2) is 7.30. The van der Waals surface area contributed by atoms with Crippen LogP contribution < -0.4 is 4.74 Å². The summed E-state index contributed by atoms with van der Waals surface area (Å²) in [6, 6.07) is 5.23. The summed E-state index contributed by atoms with van der Waals surface area (Å²) in [4.78, 5) is 25.3. The van der Waals surface area contributed by atoms with Gasteiger partial charge in [0.1, 0.15) is 17.6 Å². The van der Waals surface area contributed by atoms with Crippen LogP contribution in [0.25, 0.3) is 0 Å². The first-order valence-electron chi connectivity index (χ1n) is 8.98. The molecule has 0 aromatic heterocycles. The van der Waals surface area contributed by atoms with Gasteiger partial charge in [-0.15, -0.1) is 0 Å². The van der Waals surface area contributed by atoms with E-state index >= 15 is 0 Å². The van der Waals surface area contributed by atoms with Crippen LogP contribution in [0.1, 0.15) is 44.2 Å². The first kappa shape index (κ1) is 17.5. The molecule has 0 saturated heterocycles. The van der Waals surface area contributed by atoms with Gasteiger partial charge in [0.05, 0.1) is 6.54 Å². The smallest absolute Gasteiger partial charge is 0.326 e. The highest BCUT2D eigenvalue weighted by molar-refractivity contribution is 5.94. The minimum atomic E-state index is -0.964. The molecule has 0 fully saturated rings. The molecule has 1 aromatic carbocycles. The molecule has 1 unspecified atom stereocenters. The molecule has 1 atom stereocenters. The molecule has 3 rings (SSSR count). The Balaban J connectivity index is 1.74. The fourth-order valence-corrected chi connectivity index (χ4v) is 3.63. The summed E-state index contributed by atoms with van der Waals surface area (Å²) in [5, 5.41) is 9.48. The van der Waals surface area contributed by atoms with Crippen molar-refractivity contribution < 1.29 is 19.4 Å². The van der Waals surface area contributed by atoms with Crippen molar-refractivity contribution in [1.29, 1.82) is 0 Å². The number of aliphatic carboxylic acids is 1. The fraction of sp³-hybridized carbons (Fsp3) is 0.500. The molecule has 25 heavy (non-hydrogen) atoms. The average Bonchev–Trinajstić information content (AvgIpc) is 2.92. The van der Waals surface area contributed by atoms with Gasteiger partial charge in [-0.3, -0.25) is 4.79 Å². The Bertz CT molecular complexity index is 708. The molecule has 0 bridgehead atoms. The molecule has 1 aliphatic carbocycles. The van der Waals surface area contributed by atoms with E-state index in [0.29, 0.717) is 12.2 Å². The zero-order valence-corrected chi connectivity index (χ0v) is 14.8. The van der Waals surface area contributed by atoms with E-state index in [4.69, 9.17) is 4.74 Å². The van der Waals surface area contributed by atoms with Crippen LogP contribution in [0.3, 0.4) is 0 Å². The molecular formula is C20H25NO4. The van der Waals surface area contributed by atoms with Crippen molar-refractivity contribution >= 4 is 11.9 Å². The SMILES string of the molecule is CC(C)CC(C(=O)O)N1CC(Oc2cccc3c2CCCC3)=CC1=O. The molecule has 5 nitrogen and oxygen atoms in total. The molecular weight excluding hydrogens is 318 g/mol. The standard InChI is InChI=1S/C20H25NO4/c1-13(2)10-17(20(23)24)21-12-15(11-19(21)22)25-18-9-5-7-14-6-3-4-8-16(14)18/h5,7,9,11,13,17H,3-4,6,8,10,12H2,1-2H3,(H,23,24). The molecule has 1 amide bonds. The molecule has 0 spiro atoms. The van der Waals surface area contributed by atoms with Crippen LogP contribution in [0, 0.1) is 5.92 Å². The number of hydrogen-bond acceptors (Lipinski definition) is 3. The van der Waals surface area contributed by atoms with E-state index in [9.17, 15) is 14.7 Å². The number of amides is 1. The van der Waals surface area contributed by atoms with Crippen LogP contribution in [0.2, 0.25) is 0 Å².